The Morgan fingerprint density at radius 2 is 2.05 bits per heavy atom. The zero-order chi connectivity index (χ0) is 15.4. The molecule has 0 saturated carbocycles. The van der Waals surface area contributed by atoms with Crippen molar-refractivity contribution >= 4 is 5.91 Å². The van der Waals surface area contributed by atoms with Gasteiger partial charge in [0, 0.05) is 19.0 Å². The van der Waals surface area contributed by atoms with Crippen molar-refractivity contribution in [3.05, 3.63) is 35.4 Å². The lowest BCUT2D eigenvalue weighted by Gasteiger charge is -2.36. The number of carbonyl (C=O) groups is 1. The molecule has 2 unspecified atom stereocenters. The van der Waals surface area contributed by atoms with Gasteiger partial charge in [-0.2, -0.15) is 0 Å². The fourth-order valence-electron chi connectivity index (χ4n) is 3.33. The van der Waals surface area contributed by atoms with Crippen LogP contribution < -0.4 is 5.73 Å². The van der Waals surface area contributed by atoms with E-state index in [4.69, 9.17) is 5.73 Å². The maximum atomic E-state index is 12.5. The summed E-state index contributed by atoms with van der Waals surface area (Å²) in [6.07, 6.45) is 3.43. The van der Waals surface area contributed by atoms with Crippen LogP contribution in [-0.4, -0.2) is 23.4 Å². The van der Waals surface area contributed by atoms with E-state index in [1.807, 2.05) is 4.90 Å². The van der Waals surface area contributed by atoms with Gasteiger partial charge in [0.1, 0.15) is 0 Å². The van der Waals surface area contributed by atoms with Crippen LogP contribution in [0.15, 0.2) is 24.3 Å². The molecule has 2 atom stereocenters. The second-order valence-corrected chi connectivity index (χ2v) is 6.49. The highest BCUT2D eigenvalue weighted by Crippen LogP contribution is 2.32. The number of aryl methyl sites for hydroxylation is 1. The van der Waals surface area contributed by atoms with Crippen molar-refractivity contribution in [2.24, 2.45) is 11.7 Å². The van der Waals surface area contributed by atoms with Gasteiger partial charge in [0.25, 0.3) is 0 Å². The van der Waals surface area contributed by atoms with E-state index < -0.39 is 0 Å². The first-order chi connectivity index (χ1) is 10.0. The number of likely N-dealkylation sites (tertiary alicyclic amines) is 1. The minimum Gasteiger partial charge on any atom is -0.334 e. The van der Waals surface area contributed by atoms with Crippen molar-refractivity contribution in [1.82, 2.24) is 4.90 Å². The smallest absolute Gasteiger partial charge is 0.223 e. The lowest BCUT2D eigenvalue weighted by atomic mass is 9.91. The third-order valence-corrected chi connectivity index (χ3v) is 4.31. The van der Waals surface area contributed by atoms with Gasteiger partial charge in [0.15, 0.2) is 0 Å². The summed E-state index contributed by atoms with van der Waals surface area (Å²) in [7, 11) is 0. The Bertz CT molecular complexity index is 484. The largest absolute Gasteiger partial charge is 0.334 e. The molecule has 0 radical (unpaired) electrons. The molecule has 1 aliphatic heterocycles. The third kappa shape index (κ3) is 3.65. The number of rotatable bonds is 4. The van der Waals surface area contributed by atoms with Crippen LogP contribution in [0.1, 0.15) is 57.2 Å². The lowest BCUT2D eigenvalue weighted by molar-refractivity contribution is -0.133. The highest BCUT2D eigenvalue weighted by Gasteiger charge is 2.33. The summed E-state index contributed by atoms with van der Waals surface area (Å²) in [6.45, 7) is 7.27. The molecule has 0 spiro atoms. The van der Waals surface area contributed by atoms with Gasteiger partial charge in [-0.25, -0.2) is 0 Å². The lowest BCUT2D eigenvalue weighted by Crippen LogP contribution is -2.44. The van der Waals surface area contributed by atoms with Crippen LogP contribution in [0.25, 0.3) is 0 Å². The highest BCUT2D eigenvalue weighted by atomic mass is 16.2. The van der Waals surface area contributed by atoms with Gasteiger partial charge in [-0.1, -0.05) is 45.0 Å². The Kier molecular flexibility index (Phi) is 5.40. The Morgan fingerprint density at radius 3 is 2.71 bits per heavy atom. The molecule has 1 heterocycles. The molecule has 2 N–H and O–H groups in total. The normalized spacial score (nSPS) is 23.5. The van der Waals surface area contributed by atoms with Crippen LogP contribution in [0.5, 0.6) is 0 Å². The Hall–Kier alpha value is -1.35. The topological polar surface area (TPSA) is 46.3 Å². The van der Waals surface area contributed by atoms with Crippen LogP contribution in [-0.2, 0) is 11.2 Å². The Labute approximate surface area is 128 Å². The van der Waals surface area contributed by atoms with Crippen molar-refractivity contribution in [3.63, 3.8) is 0 Å². The first-order valence-corrected chi connectivity index (χ1v) is 8.17. The molecule has 3 heteroatoms. The summed E-state index contributed by atoms with van der Waals surface area (Å²) in [5.74, 6) is 0.711. The van der Waals surface area contributed by atoms with Gasteiger partial charge >= 0.3 is 0 Å². The van der Waals surface area contributed by atoms with E-state index in [1.165, 1.54) is 11.1 Å². The number of carbonyl (C=O) groups excluding carboxylic acids is 1. The number of hydrogen-bond donors (Lipinski definition) is 1. The summed E-state index contributed by atoms with van der Waals surface area (Å²) in [6, 6.07) is 8.49. The number of benzene rings is 1. The molecule has 0 bridgehead atoms. The zero-order valence-corrected chi connectivity index (χ0v) is 13.5. The average Bonchev–Trinajstić information content (AvgIpc) is 2.58. The molecule has 1 aromatic carbocycles. The molecule has 0 aliphatic carbocycles. The summed E-state index contributed by atoms with van der Waals surface area (Å²) < 4.78 is 0. The summed E-state index contributed by atoms with van der Waals surface area (Å²) in [5, 5.41) is 0. The Morgan fingerprint density at radius 1 is 1.33 bits per heavy atom. The monoisotopic (exact) mass is 288 g/mol. The van der Waals surface area contributed by atoms with Crippen molar-refractivity contribution < 1.29 is 4.79 Å². The van der Waals surface area contributed by atoms with E-state index in [0.29, 0.717) is 12.3 Å². The van der Waals surface area contributed by atoms with Crippen LogP contribution in [0.3, 0.4) is 0 Å². The van der Waals surface area contributed by atoms with E-state index in [9.17, 15) is 4.79 Å². The predicted octanol–water partition coefficient (Wildman–Crippen LogP) is 3.29. The van der Waals surface area contributed by atoms with Gasteiger partial charge in [0.2, 0.25) is 5.91 Å². The van der Waals surface area contributed by atoms with Gasteiger partial charge in [-0.05, 0) is 36.3 Å². The minimum absolute atomic E-state index is 0.0264. The number of hydrogen-bond acceptors (Lipinski definition) is 2. The van der Waals surface area contributed by atoms with E-state index in [0.717, 1.165) is 25.8 Å². The first kappa shape index (κ1) is 16.0. The van der Waals surface area contributed by atoms with Crippen LogP contribution >= 0.6 is 0 Å². The van der Waals surface area contributed by atoms with Crippen molar-refractivity contribution in [3.8, 4) is 0 Å². The summed E-state index contributed by atoms with van der Waals surface area (Å²) >= 11 is 0. The summed E-state index contributed by atoms with van der Waals surface area (Å²) in [4.78, 5) is 14.6. The highest BCUT2D eigenvalue weighted by molar-refractivity contribution is 5.77. The molecular formula is C18H28N2O. The van der Waals surface area contributed by atoms with Crippen molar-refractivity contribution in [2.45, 2.75) is 58.5 Å². The van der Waals surface area contributed by atoms with Crippen molar-refractivity contribution in [1.29, 1.82) is 0 Å². The fraction of sp³-hybridized carbons (Fsp3) is 0.611. The molecular weight excluding hydrogens is 260 g/mol. The summed E-state index contributed by atoms with van der Waals surface area (Å²) in [5.41, 5.74) is 9.02. The molecule has 1 amide bonds. The maximum absolute atomic E-state index is 12.5. The predicted molar refractivity (Wildman–Crippen MR) is 86.9 cm³/mol. The molecule has 0 aromatic heterocycles. The Balaban J connectivity index is 2.43. The number of nitrogens with two attached hydrogens (primary N) is 1. The van der Waals surface area contributed by atoms with Crippen LogP contribution in [0.2, 0.25) is 0 Å². The van der Waals surface area contributed by atoms with Gasteiger partial charge < -0.3 is 10.6 Å². The minimum atomic E-state index is 0.0264. The second-order valence-electron chi connectivity index (χ2n) is 6.49. The van der Waals surface area contributed by atoms with Crippen LogP contribution in [0, 0.1) is 5.92 Å². The van der Waals surface area contributed by atoms with Crippen molar-refractivity contribution in [2.75, 3.05) is 6.54 Å². The molecule has 2 rings (SSSR count). The first-order valence-electron chi connectivity index (χ1n) is 8.17. The van der Waals surface area contributed by atoms with E-state index in [2.05, 4.69) is 45.0 Å². The number of amides is 1. The third-order valence-electron chi connectivity index (χ3n) is 4.31. The fourth-order valence-corrected chi connectivity index (χ4v) is 3.33. The molecule has 1 aromatic rings. The molecule has 116 valence electrons. The zero-order valence-electron chi connectivity index (χ0n) is 13.5. The molecule has 3 nitrogen and oxygen atoms in total. The van der Waals surface area contributed by atoms with E-state index in [-0.39, 0.29) is 18.0 Å². The second kappa shape index (κ2) is 7.08. The SMILES string of the molecule is CCc1ccccc1C1C(N)CCCC(=O)N1CC(C)C. The van der Waals surface area contributed by atoms with Crippen LogP contribution in [0.4, 0.5) is 0 Å². The number of nitrogens with zero attached hydrogens (tertiary/aromatic N) is 1. The quantitative estimate of drug-likeness (QED) is 0.924. The molecule has 21 heavy (non-hydrogen) atoms. The molecule has 1 saturated heterocycles. The molecule has 1 fully saturated rings. The maximum Gasteiger partial charge on any atom is 0.223 e. The molecule has 1 aliphatic rings. The van der Waals surface area contributed by atoms with Gasteiger partial charge in [-0.3, -0.25) is 4.79 Å². The van der Waals surface area contributed by atoms with Gasteiger partial charge in [0.05, 0.1) is 6.04 Å². The average molecular weight is 288 g/mol. The van der Waals surface area contributed by atoms with Gasteiger partial charge in [-0.15, -0.1) is 0 Å². The van der Waals surface area contributed by atoms with E-state index in [1.54, 1.807) is 0 Å². The standard InChI is InChI=1S/C18H28N2O/c1-4-14-8-5-6-9-15(14)18-16(19)10-7-11-17(21)20(18)12-13(2)3/h5-6,8-9,13,16,18H,4,7,10-12,19H2,1-3H3. The van der Waals surface area contributed by atoms with E-state index >= 15 is 0 Å².